The van der Waals surface area contributed by atoms with Crippen molar-refractivity contribution in [3.05, 3.63) is 68.1 Å². The van der Waals surface area contributed by atoms with Crippen LogP contribution in [-0.4, -0.2) is 54.5 Å². The molecule has 2 aliphatic rings. The van der Waals surface area contributed by atoms with Gasteiger partial charge in [-0.3, -0.25) is 9.69 Å². The van der Waals surface area contributed by atoms with E-state index in [1.165, 1.54) is 11.1 Å². The lowest BCUT2D eigenvalue weighted by Gasteiger charge is -2.45. The third kappa shape index (κ3) is 5.31. The number of carbonyl (C=O) groups excluding carboxylic acids is 1. The second-order valence-corrected chi connectivity index (χ2v) is 10.0. The quantitative estimate of drug-likeness (QED) is 0.541. The fourth-order valence-corrected chi connectivity index (χ4v) is 6.07. The average Bonchev–Trinajstić information content (AvgIpc) is 3.13. The van der Waals surface area contributed by atoms with Gasteiger partial charge < -0.3 is 10.2 Å². The molecule has 1 heterocycles. The molecule has 1 aliphatic heterocycles. The van der Waals surface area contributed by atoms with E-state index in [0.29, 0.717) is 0 Å². The smallest absolute Gasteiger partial charge is 0.244 e. The maximum Gasteiger partial charge on any atom is 0.244 e. The van der Waals surface area contributed by atoms with Crippen LogP contribution in [0.3, 0.4) is 0 Å². The number of nitrogens with zero attached hydrogens (tertiary/aromatic N) is 2. The van der Waals surface area contributed by atoms with Crippen LogP contribution in [0.4, 0.5) is 0 Å². The number of nitrogens with one attached hydrogen (secondary N) is 1. The summed E-state index contributed by atoms with van der Waals surface area (Å²) in [6.07, 6.45) is 1.59. The summed E-state index contributed by atoms with van der Waals surface area (Å²) < 4.78 is 2.03. The molecule has 0 unspecified atom stereocenters. The largest absolute Gasteiger partial charge is 0.337 e. The van der Waals surface area contributed by atoms with Crippen LogP contribution in [0.5, 0.6) is 0 Å². The highest BCUT2D eigenvalue weighted by molar-refractivity contribution is 9.11. The second-order valence-electron chi connectivity index (χ2n) is 8.19. The summed E-state index contributed by atoms with van der Waals surface area (Å²) in [6, 6.07) is 14.7. The number of piperazine rings is 1. The van der Waals surface area contributed by atoms with Gasteiger partial charge in [0.1, 0.15) is 5.54 Å². The second kappa shape index (κ2) is 11.0. The maximum absolute atomic E-state index is 14.1. The van der Waals surface area contributed by atoms with E-state index in [4.69, 9.17) is 0 Å². The molecule has 0 bridgehead atoms. The zero-order chi connectivity index (χ0) is 20.6. The molecule has 1 amide bonds. The summed E-state index contributed by atoms with van der Waals surface area (Å²) in [4.78, 5) is 18.4. The van der Waals surface area contributed by atoms with E-state index in [2.05, 4.69) is 85.4 Å². The van der Waals surface area contributed by atoms with E-state index in [9.17, 15) is 4.79 Å². The predicted octanol–water partition coefficient (Wildman–Crippen LogP) is 5.02. The number of carbonyl (C=O) groups is 1. The first kappa shape index (κ1) is 26.6. The third-order valence-electron chi connectivity index (χ3n) is 6.47. The van der Waals surface area contributed by atoms with E-state index in [-0.39, 0.29) is 36.8 Å². The Morgan fingerprint density at radius 2 is 1.55 bits per heavy atom. The Bertz CT molecular complexity index is 876. The van der Waals surface area contributed by atoms with Crippen molar-refractivity contribution in [1.29, 1.82) is 0 Å². The van der Waals surface area contributed by atoms with E-state index in [0.717, 1.165) is 53.5 Å². The van der Waals surface area contributed by atoms with E-state index in [1.807, 2.05) is 18.0 Å². The number of halogens is 4. The molecule has 170 valence electrons. The summed E-state index contributed by atoms with van der Waals surface area (Å²) in [6.45, 7) is 5.79. The zero-order valence-electron chi connectivity index (χ0n) is 17.7. The van der Waals surface area contributed by atoms with Gasteiger partial charge in [0.25, 0.3) is 0 Å². The van der Waals surface area contributed by atoms with Gasteiger partial charge in [-0.1, -0.05) is 56.1 Å². The molecule has 4 rings (SSSR count). The minimum absolute atomic E-state index is 0. The Morgan fingerprint density at radius 3 is 2.06 bits per heavy atom. The lowest BCUT2D eigenvalue weighted by Crippen LogP contribution is -2.64. The Morgan fingerprint density at radius 1 is 1.03 bits per heavy atom. The minimum Gasteiger partial charge on any atom is -0.337 e. The number of likely N-dealkylation sites (N-methyl/N-ethyl adjacent to an activating group) is 1. The van der Waals surface area contributed by atoms with Crippen LogP contribution in [-0.2, 0) is 17.6 Å². The summed E-state index contributed by atoms with van der Waals surface area (Å²) in [5.74, 6) is 0.221. The summed E-state index contributed by atoms with van der Waals surface area (Å²) in [7, 11) is 1.95. The van der Waals surface area contributed by atoms with Gasteiger partial charge in [0.15, 0.2) is 0 Å². The average molecular weight is 594 g/mol. The van der Waals surface area contributed by atoms with Crippen molar-refractivity contribution in [3.63, 3.8) is 0 Å². The monoisotopic (exact) mass is 591 g/mol. The number of fused-ring (bicyclic) bond motifs is 1. The fraction of sp³-hybridized carbons (Fsp3) is 0.435. The van der Waals surface area contributed by atoms with Crippen molar-refractivity contribution in [2.24, 2.45) is 0 Å². The van der Waals surface area contributed by atoms with E-state index < -0.39 is 5.54 Å². The molecule has 31 heavy (non-hydrogen) atoms. The molecule has 1 saturated heterocycles. The molecular formula is C23H29Br2Cl2N3O. The van der Waals surface area contributed by atoms with Gasteiger partial charge in [-0.2, -0.15) is 0 Å². The van der Waals surface area contributed by atoms with Gasteiger partial charge >= 0.3 is 0 Å². The zero-order valence-corrected chi connectivity index (χ0v) is 22.5. The lowest BCUT2D eigenvalue weighted by atomic mass is 9.89. The standard InChI is InChI=1S/C23H27Br2N3O.2ClH/c1-16(19-11-20(24)13-21(25)12-19)27(2)22(29)23(28-9-7-26-8-10-28)14-17-5-3-4-6-18(17)15-23;;/h3-6,11-13,16,26H,7-10,14-15H2,1-2H3;2*1H/t16-;;/m0../s1. The highest BCUT2D eigenvalue weighted by Gasteiger charge is 2.50. The van der Waals surface area contributed by atoms with Crippen molar-refractivity contribution in [2.45, 2.75) is 31.3 Å². The third-order valence-corrected chi connectivity index (χ3v) is 7.39. The minimum atomic E-state index is -0.488. The summed E-state index contributed by atoms with van der Waals surface area (Å²) in [5, 5.41) is 3.43. The number of benzene rings is 2. The molecule has 0 aromatic heterocycles. The van der Waals surface area contributed by atoms with Crippen molar-refractivity contribution in [3.8, 4) is 0 Å². The summed E-state index contributed by atoms with van der Waals surface area (Å²) >= 11 is 7.16. The number of hydrogen-bond donors (Lipinski definition) is 1. The normalized spacial score (nSPS) is 18.3. The van der Waals surface area contributed by atoms with Gasteiger partial charge in [0.2, 0.25) is 5.91 Å². The van der Waals surface area contributed by atoms with Gasteiger partial charge in [-0.15, -0.1) is 24.8 Å². The number of rotatable bonds is 4. The molecule has 1 atom stereocenters. The van der Waals surface area contributed by atoms with Gasteiger partial charge in [-0.25, -0.2) is 0 Å². The highest BCUT2D eigenvalue weighted by Crippen LogP contribution is 2.38. The first-order valence-electron chi connectivity index (χ1n) is 10.2. The van der Waals surface area contributed by atoms with Crippen LogP contribution in [0.15, 0.2) is 51.4 Å². The first-order valence-corrected chi connectivity index (χ1v) is 11.7. The van der Waals surface area contributed by atoms with Crippen LogP contribution in [0, 0.1) is 0 Å². The van der Waals surface area contributed by atoms with Crippen molar-refractivity contribution >= 4 is 62.6 Å². The lowest BCUT2D eigenvalue weighted by molar-refractivity contribution is -0.145. The Kier molecular flexibility index (Phi) is 9.44. The molecule has 0 spiro atoms. The molecule has 2 aromatic carbocycles. The molecule has 1 N–H and O–H groups in total. The Hall–Kier alpha value is -0.630. The van der Waals surface area contributed by atoms with Gasteiger partial charge in [0.05, 0.1) is 6.04 Å². The SMILES string of the molecule is C[C@@H](c1cc(Br)cc(Br)c1)N(C)C(=O)C1(N2CCNCC2)Cc2ccccc2C1.Cl.Cl. The molecule has 4 nitrogen and oxygen atoms in total. The van der Waals surface area contributed by atoms with Crippen molar-refractivity contribution in [1.82, 2.24) is 15.1 Å². The van der Waals surface area contributed by atoms with Crippen molar-refractivity contribution < 1.29 is 4.79 Å². The molecule has 1 aliphatic carbocycles. The molecule has 8 heteroatoms. The van der Waals surface area contributed by atoms with E-state index in [1.54, 1.807) is 0 Å². The van der Waals surface area contributed by atoms with Crippen LogP contribution in [0.25, 0.3) is 0 Å². The molecule has 2 aromatic rings. The van der Waals surface area contributed by atoms with Crippen LogP contribution in [0.1, 0.15) is 29.7 Å². The first-order chi connectivity index (χ1) is 13.9. The molecule has 1 fully saturated rings. The molecule has 0 saturated carbocycles. The Labute approximate surface area is 214 Å². The highest BCUT2D eigenvalue weighted by atomic mass is 79.9. The topological polar surface area (TPSA) is 35.6 Å². The number of amides is 1. The van der Waals surface area contributed by atoms with Crippen LogP contribution in [0.2, 0.25) is 0 Å². The fourth-order valence-electron chi connectivity index (χ4n) is 4.74. The van der Waals surface area contributed by atoms with Crippen LogP contribution < -0.4 is 5.32 Å². The van der Waals surface area contributed by atoms with Crippen LogP contribution >= 0.6 is 56.7 Å². The number of hydrogen-bond acceptors (Lipinski definition) is 3. The maximum atomic E-state index is 14.1. The molecule has 0 radical (unpaired) electrons. The summed E-state index contributed by atoms with van der Waals surface area (Å²) in [5.41, 5.74) is 3.25. The van der Waals surface area contributed by atoms with Gasteiger partial charge in [0, 0.05) is 55.0 Å². The predicted molar refractivity (Wildman–Crippen MR) is 139 cm³/mol. The Balaban J connectivity index is 0.00000171. The van der Waals surface area contributed by atoms with Gasteiger partial charge in [-0.05, 0) is 41.8 Å². The van der Waals surface area contributed by atoms with E-state index >= 15 is 0 Å². The molecular weight excluding hydrogens is 565 g/mol. The van der Waals surface area contributed by atoms with Crippen molar-refractivity contribution in [2.75, 3.05) is 33.2 Å².